The second-order valence-corrected chi connectivity index (χ2v) is 5.73. The molecule has 1 atom stereocenters. The SMILES string of the molecule is CNC(CN)Cc1cn[nH]c1C1=CN(CC(C)C)NC1. The fraction of sp³-hybridized carbons (Fsp3) is 0.643. The minimum absolute atomic E-state index is 0.285. The van der Waals surface area contributed by atoms with Gasteiger partial charge in [0.15, 0.2) is 0 Å². The molecule has 20 heavy (non-hydrogen) atoms. The number of hydrazine groups is 1. The Kier molecular flexibility index (Phi) is 5.17. The lowest BCUT2D eigenvalue weighted by atomic mass is 10.0. The quantitative estimate of drug-likeness (QED) is 0.577. The molecule has 2 rings (SSSR count). The van der Waals surface area contributed by atoms with E-state index in [2.05, 4.69) is 46.0 Å². The van der Waals surface area contributed by atoms with Crippen LogP contribution < -0.4 is 16.5 Å². The summed E-state index contributed by atoms with van der Waals surface area (Å²) in [4.78, 5) is 0. The Balaban J connectivity index is 2.08. The van der Waals surface area contributed by atoms with E-state index in [0.29, 0.717) is 12.5 Å². The van der Waals surface area contributed by atoms with Crippen LogP contribution in [-0.4, -0.2) is 47.9 Å². The van der Waals surface area contributed by atoms with Crippen molar-refractivity contribution in [3.63, 3.8) is 0 Å². The zero-order valence-corrected chi connectivity index (χ0v) is 12.6. The maximum Gasteiger partial charge on any atom is 0.0671 e. The summed E-state index contributed by atoms with van der Waals surface area (Å²) in [6.07, 6.45) is 4.97. The van der Waals surface area contributed by atoms with E-state index in [1.165, 1.54) is 11.1 Å². The van der Waals surface area contributed by atoms with Gasteiger partial charge in [-0.2, -0.15) is 5.10 Å². The molecule has 112 valence electrons. The highest BCUT2D eigenvalue weighted by Crippen LogP contribution is 2.21. The van der Waals surface area contributed by atoms with Gasteiger partial charge in [0.25, 0.3) is 0 Å². The topological polar surface area (TPSA) is 82.0 Å². The third kappa shape index (κ3) is 3.59. The first-order valence-electron chi connectivity index (χ1n) is 7.24. The molecule has 1 aliphatic heterocycles. The lowest BCUT2D eigenvalue weighted by Gasteiger charge is -2.17. The summed E-state index contributed by atoms with van der Waals surface area (Å²) in [5, 5.41) is 12.7. The first-order valence-corrected chi connectivity index (χ1v) is 7.24. The number of nitrogens with two attached hydrogens (primary N) is 1. The molecule has 6 nitrogen and oxygen atoms in total. The van der Waals surface area contributed by atoms with E-state index in [1.54, 1.807) is 0 Å². The number of H-pyrrole nitrogens is 1. The maximum atomic E-state index is 5.75. The van der Waals surface area contributed by atoms with Gasteiger partial charge >= 0.3 is 0 Å². The Morgan fingerprint density at radius 2 is 2.30 bits per heavy atom. The number of likely N-dealkylation sites (N-methyl/N-ethyl adjacent to an activating group) is 1. The van der Waals surface area contributed by atoms with Gasteiger partial charge < -0.3 is 16.1 Å². The predicted molar refractivity (Wildman–Crippen MR) is 81.7 cm³/mol. The Bertz CT molecular complexity index is 446. The number of hydrogen-bond donors (Lipinski definition) is 4. The summed E-state index contributed by atoms with van der Waals surface area (Å²) < 4.78 is 0. The minimum Gasteiger partial charge on any atom is -0.329 e. The van der Waals surface area contributed by atoms with Crippen LogP contribution in [0.25, 0.3) is 5.57 Å². The van der Waals surface area contributed by atoms with Crippen LogP contribution in [0.5, 0.6) is 0 Å². The molecule has 0 fully saturated rings. The van der Waals surface area contributed by atoms with Crippen molar-refractivity contribution in [1.29, 1.82) is 0 Å². The number of rotatable bonds is 7. The van der Waals surface area contributed by atoms with Crippen molar-refractivity contribution in [3.8, 4) is 0 Å². The van der Waals surface area contributed by atoms with Crippen LogP contribution in [0.15, 0.2) is 12.4 Å². The number of nitrogens with zero attached hydrogens (tertiary/aromatic N) is 2. The molecule has 0 radical (unpaired) electrons. The highest BCUT2D eigenvalue weighted by molar-refractivity contribution is 5.67. The summed E-state index contributed by atoms with van der Waals surface area (Å²) in [5.41, 5.74) is 12.7. The Morgan fingerprint density at radius 3 is 2.95 bits per heavy atom. The van der Waals surface area contributed by atoms with E-state index in [0.717, 1.165) is 25.2 Å². The summed E-state index contributed by atoms with van der Waals surface area (Å²) in [6, 6.07) is 0.285. The van der Waals surface area contributed by atoms with Crippen molar-refractivity contribution in [1.82, 2.24) is 25.9 Å². The van der Waals surface area contributed by atoms with Gasteiger partial charge in [0, 0.05) is 37.4 Å². The van der Waals surface area contributed by atoms with Gasteiger partial charge in [-0.15, -0.1) is 0 Å². The fourth-order valence-corrected chi connectivity index (χ4v) is 2.44. The average Bonchev–Trinajstić information content (AvgIpc) is 3.03. The second-order valence-electron chi connectivity index (χ2n) is 5.73. The molecule has 6 heteroatoms. The molecule has 0 saturated heterocycles. The molecule has 1 unspecified atom stereocenters. The van der Waals surface area contributed by atoms with E-state index in [9.17, 15) is 0 Å². The van der Waals surface area contributed by atoms with E-state index >= 15 is 0 Å². The first-order chi connectivity index (χ1) is 9.63. The first kappa shape index (κ1) is 15.0. The zero-order chi connectivity index (χ0) is 14.5. The van der Waals surface area contributed by atoms with Crippen LogP contribution in [0, 0.1) is 5.92 Å². The van der Waals surface area contributed by atoms with Gasteiger partial charge in [-0.25, -0.2) is 5.43 Å². The molecule has 0 saturated carbocycles. The lowest BCUT2D eigenvalue weighted by Crippen LogP contribution is -2.35. The van der Waals surface area contributed by atoms with Crippen LogP contribution in [0.2, 0.25) is 0 Å². The lowest BCUT2D eigenvalue weighted by molar-refractivity contribution is 0.272. The van der Waals surface area contributed by atoms with Crippen LogP contribution in [0.3, 0.4) is 0 Å². The molecule has 0 spiro atoms. The van der Waals surface area contributed by atoms with Crippen molar-refractivity contribution in [2.24, 2.45) is 11.7 Å². The molecular weight excluding hydrogens is 252 g/mol. The van der Waals surface area contributed by atoms with Gasteiger partial charge in [-0.3, -0.25) is 5.10 Å². The second kappa shape index (κ2) is 6.88. The Labute approximate surface area is 120 Å². The third-order valence-electron chi connectivity index (χ3n) is 3.54. The fourth-order valence-electron chi connectivity index (χ4n) is 2.44. The number of aromatic amines is 1. The van der Waals surface area contributed by atoms with Crippen LogP contribution in [-0.2, 0) is 6.42 Å². The van der Waals surface area contributed by atoms with Crippen LogP contribution in [0.4, 0.5) is 0 Å². The summed E-state index contributed by atoms with van der Waals surface area (Å²) in [5.74, 6) is 0.630. The average molecular weight is 278 g/mol. The van der Waals surface area contributed by atoms with Crippen LogP contribution >= 0.6 is 0 Å². The highest BCUT2D eigenvalue weighted by Gasteiger charge is 2.19. The number of aromatic nitrogens is 2. The van der Waals surface area contributed by atoms with E-state index in [1.807, 2.05) is 13.2 Å². The van der Waals surface area contributed by atoms with Gasteiger partial charge in [-0.1, -0.05) is 13.8 Å². The molecule has 0 amide bonds. The molecular formula is C14H26N6. The third-order valence-corrected chi connectivity index (χ3v) is 3.54. The molecule has 1 aliphatic rings. The largest absolute Gasteiger partial charge is 0.329 e. The summed E-state index contributed by atoms with van der Waals surface area (Å²) in [7, 11) is 1.94. The highest BCUT2D eigenvalue weighted by atomic mass is 15.5. The monoisotopic (exact) mass is 278 g/mol. The zero-order valence-electron chi connectivity index (χ0n) is 12.6. The molecule has 0 aliphatic carbocycles. The van der Waals surface area contributed by atoms with Crippen molar-refractivity contribution in [2.75, 3.05) is 26.7 Å². The van der Waals surface area contributed by atoms with E-state index in [-0.39, 0.29) is 6.04 Å². The van der Waals surface area contributed by atoms with Crippen molar-refractivity contribution in [2.45, 2.75) is 26.3 Å². The molecule has 1 aromatic heterocycles. The number of nitrogens with one attached hydrogen (secondary N) is 3. The van der Waals surface area contributed by atoms with E-state index in [4.69, 9.17) is 5.73 Å². The van der Waals surface area contributed by atoms with Gasteiger partial charge in [0.05, 0.1) is 11.9 Å². The van der Waals surface area contributed by atoms with E-state index < -0.39 is 0 Å². The smallest absolute Gasteiger partial charge is 0.0671 e. The van der Waals surface area contributed by atoms with Crippen LogP contribution in [0.1, 0.15) is 25.1 Å². The molecule has 0 aromatic carbocycles. The predicted octanol–water partition coefficient (Wildman–Crippen LogP) is 0.316. The van der Waals surface area contributed by atoms with Crippen molar-refractivity contribution < 1.29 is 0 Å². The normalized spacial score (nSPS) is 16.9. The Morgan fingerprint density at radius 1 is 1.50 bits per heavy atom. The van der Waals surface area contributed by atoms with Crippen molar-refractivity contribution >= 4 is 5.57 Å². The summed E-state index contributed by atoms with van der Waals surface area (Å²) >= 11 is 0. The molecule has 0 bridgehead atoms. The molecule has 1 aromatic rings. The summed E-state index contributed by atoms with van der Waals surface area (Å²) in [6.45, 7) is 6.91. The minimum atomic E-state index is 0.285. The number of hydrogen-bond acceptors (Lipinski definition) is 5. The van der Waals surface area contributed by atoms with Crippen molar-refractivity contribution in [3.05, 3.63) is 23.7 Å². The van der Waals surface area contributed by atoms with Gasteiger partial charge in [0.1, 0.15) is 0 Å². The molecule has 2 heterocycles. The van der Waals surface area contributed by atoms with Gasteiger partial charge in [0.2, 0.25) is 0 Å². The maximum absolute atomic E-state index is 5.75. The Hall–Kier alpha value is -1.37. The molecule has 5 N–H and O–H groups in total. The standard InChI is InChI=1S/C14H26N6/c1-10(2)8-20-9-12(7-18-20)14-11(6-17-19-14)4-13(5-15)16-3/h6,9-10,13,16,18H,4-5,7-8,15H2,1-3H3,(H,17,19). The van der Waals surface area contributed by atoms with Gasteiger partial charge in [-0.05, 0) is 24.9 Å².